The predicted molar refractivity (Wildman–Crippen MR) is 81.4 cm³/mol. The molecule has 0 radical (unpaired) electrons. The van der Waals surface area contributed by atoms with Gasteiger partial charge in [-0.3, -0.25) is 4.99 Å². The van der Waals surface area contributed by atoms with E-state index < -0.39 is 0 Å². The van der Waals surface area contributed by atoms with E-state index in [1.807, 2.05) is 30.3 Å². The highest BCUT2D eigenvalue weighted by molar-refractivity contribution is 5.92. The number of nitrogens with zero attached hydrogens (tertiary/aromatic N) is 2. The number of rotatable bonds is 4. The van der Waals surface area contributed by atoms with Crippen molar-refractivity contribution < 1.29 is 0 Å². The lowest BCUT2D eigenvalue weighted by Crippen LogP contribution is -2.36. The van der Waals surface area contributed by atoms with Gasteiger partial charge in [0.25, 0.3) is 0 Å². The molecule has 0 aliphatic carbocycles. The minimum absolute atomic E-state index is 0.514. The molecule has 0 spiro atoms. The van der Waals surface area contributed by atoms with Gasteiger partial charge in [0, 0.05) is 18.8 Å². The van der Waals surface area contributed by atoms with Gasteiger partial charge in [0.05, 0.1) is 0 Å². The van der Waals surface area contributed by atoms with Crippen LogP contribution in [-0.2, 0) is 0 Å². The summed E-state index contributed by atoms with van der Waals surface area (Å²) < 4.78 is 0. The number of guanidine groups is 1. The molecule has 4 heteroatoms. The number of anilines is 1. The van der Waals surface area contributed by atoms with Crippen LogP contribution < -0.4 is 11.1 Å². The third-order valence-electron chi connectivity index (χ3n) is 3.62. The molecule has 1 aliphatic rings. The first-order valence-corrected chi connectivity index (χ1v) is 7.12. The van der Waals surface area contributed by atoms with Gasteiger partial charge in [-0.15, -0.1) is 0 Å². The molecule has 4 nitrogen and oxygen atoms in total. The van der Waals surface area contributed by atoms with E-state index >= 15 is 0 Å². The molecule has 1 fully saturated rings. The first-order chi connectivity index (χ1) is 9.28. The Morgan fingerprint density at radius 2 is 2.21 bits per heavy atom. The molecular formula is C15H24N4. The molecule has 1 unspecified atom stereocenters. The molecule has 1 aromatic rings. The number of nitrogens with one attached hydrogen (secondary N) is 1. The third kappa shape index (κ3) is 4.56. The van der Waals surface area contributed by atoms with Crippen molar-refractivity contribution in [3.8, 4) is 0 Å². The first-order valence-electron chi connectivity index (χ1n) is 7.12. The zero-order valence-corrected chi connectivity index (χ0v) is 11.7. The van der Waals surface area contributed by atoms with Gasteiger partial charge in [-0.1, -0.05) is 25.1 Å². The molecule has 0 saturated carbocycles. The van der Waals surface area contributed by atoms with Crippen LogP contribution >= 0.6 is 0 Å². The van der Waals surface area contributed by atoms with Gasteiger partial charge < -0.3 is 16.0 Å². The fourth-order valence-corrected chi connectivity index (χ4v) is 2.52. The Bertz CT molecular complexity index is 402. The second kappa shape index (κ2) is 7.14. The molecule has 3 N–H and O–H groups in total. The Hall–Kier alpha value is -1.55. The van der Waals surface area contributed by atoms with Crippen LogP contribution in [0.1, 0.15) is 19.8 Å². The van der Waals surface area contributed by atoms with Gasteiger partial charge in [0.2, 0.25) is 0 Å². The standard InChI is InChI=1S/C15H24N4/c1-2-19-10-6-7-13(12-19)11-17-15(16)18-14-8-4-3-5-9-14/h3-5,8-9,13H,2,6-7,10-12H2,1H3,(H3,16,17,18). The van der Waals surface area contributed by atoms with Crippen LogP contribution in [0.15, 0.2) is 35.3 Å². The molecular weight excluding hydrogens is 236 g/mol. The monoisotopic (exact) mass is 260 g/mol. The van der Waals surface area contributed by atoms with Crippen LogP contribution in [0.2, 0.25) is 0 Å². The third-order valence-corrected chi connectivity index (χ3v) is 3.62. The van der Waals surface area contributed by atoms with Crippen LogP contribution in [0.25, 0.3) is 0 Å². The van der Waals surface area contributed by atoms with E-state index in [4.69, 9.17) is 5.73 Å². The van der Waals surface area contributed by atoms with Crippen LogP contribution in [0.5, 0.6) is 0 Å². The summed E-state index contributed by atoms with van der Waals surface area (Å²) in [4.78, 5) is 6.96. The predicted octanol–water partition coefficient (Wildman–Crippen LogP) is 2.15. The number of benzene rings is 1. The van der Waals surface area contributed by atoms with E-state index in [-0.39, 0.29) is 0 Å². The van der Waals surface area contributed by atoms with Crippen molar-refractivity contribution in [3.63, 3.8) is 0 Å². The summed E-state index contributed by atoms with van der Waals surface area (Å²) in [5, 5.41) is 3.12. The smallest absolute Gasteiger partial charge is 0.193 e. The first kappa shape index (κ1) is 13.9. The summed E-state index contributed by atoms with van der Waals surface area (Å²) in [6, 6.07) is 9.93. The van der Waals surface area contributed by atoms with Crippen molar-refractivity contribution in [1.82, 2.24) is 4.90 Å². The molecule has 1 saturated heterocycles. The molecule has 2 rings (SSSR count). The highest BCUT2D eigenvalue weighted by Crippen LogP contribution is 2.16. The fourth-order valence-electron chi connectivity index (χ4n) is 2.52. The molecule has 1 heterocycles. The van der Waals surface area contributed by atoms with Crippen LogP contribution in [0.3, 0.4) is 0 Å². The summed E-state index contributed by atoms with van der Waals surface area (Å²) in [7, 11) is 0. The van der Waals surface area contributed by atoms with Crippen LogP contribution in [0, 0.1) is 5.92 Å². The average molecular weight is 260 g/mol. The van der Waals surface area contributed by atoms with Crippen molar-refractivity contribution in [2.24, 2.45) is 16.6 Å². The summed E-state index contributed by atoms with van der Waals surface area (Å²) in [6.07, 6.45) is 2.54. The molecule has 0 bridgehead atoms. The highest BCUT2D eigenvalue weighted by atomic mass is 15.1. The van der Waals surface area contributed by atoms with Crippen molar-refractivity contribution in [2.75, 3.05) is 31.5 Å². The normalized spacial score (nSPS) is 21.3. The van der Waals surface area contributed by atoms with E-state index in [0.717, 1.165) is 25.3 Å². The molecule has 19 heavy (non-hydrogen) atoms. The fraction of sp³-hybridized carbons (Fsp3) is 0.533. The number of piperidine rings is 1. The minimum Gasteiger partial charge on any atom is -0.370 e. The maximum Gasteiger partial charge on any atom is 0.193 e. The van der Waals surface area contributed by atoms with Crippen molar-refractivity contribution in [1.29, 1.82) is 0 Å². The molecule has 1 aliphatic heterocycles. The second-order valence-corrected chi connectivity index (χ2v) is 5.12. The summed E-state index contributed by atoms with van der Waals surface area (Å²) >= 11 is 0. The Balaban J connectivity index is 1.81. The number of nitrogens with two attached hydrogens (primary N) is 1. The lowest BCUT2D eigenvalue weighted by Gasteiger charge is -2.30. The zero-order valence-electron chi connectivity index (χ0n) is 11.7. The van der Waals surface area contributed by atoms with Gasteiger partial charge in [0.1, 0.15) is 0 Å². The van der Waals surface area contributed by atoms with Crippen molar-refractivity contribution in [3.05, 3.63) is 30.3 Å². The van der Waals surface area contributed by atoms with Gasteiger partial charge in [-0.25, -0.2) is 0 Å². The second-order valence-electron chi connectivity index (χ2n) is 5.12. The van der Waals surface area contributed by atoms with Gasteiger partial charge >= 0.3 is 0 Å². The summed E-state index contributed by atoms with van der Waals surface area (Å²) in [6.45, 7) is 6.56. The molecule has 1 aromatic carbocycles. The van der Waals surface area contributed by atoms with E-state index in [9.17, 15) is 0 Å². The maximum atomic E-state index is 5.92. The average Bonchev–Trinajstić information content (AvgIpc) is 2.46. The van der Waals surface area contributed by atoms with Crippen LogP contribution in [0.4, 0.5) is 5.69 Å². The van der Waals surface area contributed by atoms with Gasteiger partial charge in [0.15, 0.2) is 5.96 Å². The number of hydrogen-bond acceptors (Lipinski definition) is 2. The summed E-state index contributed by atoms with van der Waals surface area (Å²) in [5.41, 5.74) is 6.90. The Morgan fingerprint density at radius 1 is 1.42 bits per heavy atom. The van der Waals surface area contributed by atoms with Gasteiger partial charge in [-0.05, 0) is 44.0 Å². The number of hydrogen-bond donors (Lipinski definition) is 2. The van der Waals surface area contributed by atoms with Crippen molar-refractivity contribution in [2.45, 2.75) is 19.8 Å². The van der Waals surface area contributed by atoms with E-state index in [2.05, 4.69) is 22.1 Å². The van der Waals surface area contributed by atoms with E-state index in [0.29, 0.717) is 11.9 Å². The van der Waals surface area contributed by atoms with E-state index in [1.54, 1.807) is 0 Å². The van der Waals surface area contributed by atoms with Crippen LogP contribution in [-0.4, -0.2) is 37.0 Å². The molecule has 104 valence electrons. The lowest BCUT2D eigenvalue weighted by atomic mass is 9.98. The van der Waals surface area contributed by atoms with Gasteiger partial charge in [-0.2, -0.15) is 0 Å². The number of aliphatic imine (C=N–C) groups is 1. The van der Waals surface area contributed by atoms with Crippen molar-refractivity contribution >= 4 is 11.6 Å². The number of para-hydroxylation sites is 1. The topological polar surface area (TPSA) is 53.6 Å². The molecule has 1 atom stereocenters. The molecule has 0 aromatic heterocycles. The Morgan fingerprint density at radius 3 is 2.95 bits per heavy atom. The summed E-state index contributed by atoms with van der Waals surface area (Å²) in [5.74, 6) is 1.16. The largest absolute Gasteiger partial charge is 0.370 e. The number of likely N-dealkylation sites (tertiary alicyclic amines) is 1. The Kier molecular flexibility index (Phi) is 5.21. The molecule has 0 amide bonds. The minimum atomic E-state index is 0.514. The highest BCUT2D eigenvalue weighted by Gasteiger charge is 2.18. The quantitative estimate of drug-likeness (QED) is 0.644. The zero-order chi connectivity index (χ0) is 13.5. The lowest BCUT2D eigenvalue weighted by molar-refractivity contribution is 0.187. The SMILES string of the molecule is CCN1CCCC(CN=C(N)Nc2ccccc2)C1. The Labute approximate surface area is 115 Å². The maximum absolute atomic E-state index is 5.92. The van der Waals surface area contributed by atoms with E-state index in [1.165, 1.54) is 19.4 Å².